The van der Waals surface area contributed by atoms with E-state index in [0.29, 0.717) is 0 Å². The molecule has 0 aromatic rings. The maximum absolute atomic E-state index is 10.4. The number of nitrogens with two attached hydrogens (primary N) is 1. The minimum absolute atomic E-state index is 0.195. The summed E-state index contributed by atoms with van der Waals surface area (Å²) in [6, 6.07) is -0.195. The molecule has 0 spiro atoms. The van der Waals surface area contributed by atoms with Crippen molar-refractivity contribution in [3.8, 4) is 0 Å². The molecule has 0 amide bonds. The smallest absolute Gasteiger partial charge is 0.168 e. The van der Waals surface area contributed by atoms with Gasteiger partial charge in [0.05, 0.1) is 0 Å². The summed E-state index contributed by atoms with van der Waals surface area (Å²) in [5.74, 6) is 0. The van der Waals surface area contributed by atoms with Crippen molar-refractivity contribution >= 4 is 9.84 Å². The lowest BCUT2D eigenvalue weighted by Gasteiger charge is -1.91. The molecule has 0 rings (SSSR count). The van der Waals surface area contributed by atoms with Gasteiger partial charge in [-0.3, -0.25) is 0 Å². The Kier molecular flexibility index (Phi) is 2.87. The van der Waals surface area contributed by atoms with Crippen molar-refractivity contribution in [3.05, 3.63) is 11.5 Å². The maximum Gasteiger partial charge on any atom is 0.168 e. The van der Waals surface area contributed by atoms with Crippen LogP contribution in [0.25, 0.3) is 0 Å². The molecule has 1 unspecified atom stereocenters. The summed E-state index contributed by atoms with van der Waals surface area (Å²) in [7, 11) is -2.98. The number of hydrogen-bond acceptors (Lipinski definition) is 3. The van der Waals surface area contributed by atoms with Crippen LogP contribution in [0.5, 0.6) is 0 Å². The zero-order valence-corrected chi connectivity index (χ0v) is 6.35. The molecule has 0 bridgehead atoms. The normalized spacial score (nSPS) is 16.3. The van der Waals surface area contributed by atoms with E-state index in [0.717, 1.165) is 11.7 Å². The van der Waals surface area contributed by atoms with E-state index in [-0.39, 0.29) is 6.04 Å². The Labute approximate surface area is 55.5 Å². The Bertz CT molecular complexity index is 191. The quantitative estimate of drug-likeness (QED) is 0.596. The van der Waals surface area contributed by atoms with Crippen LogP contribution in [-0.4, -0.2) is 20.7 Å². The zero-order chi connectivity index (χ0) is 7.49. The summed E-state index contributed by atoms with van der Waals surface area (Å²) < 4.78 is 20.8. The lowest BCUT2D eigenvalue weighted by atomic mass is 10.4. The monoisotopic (exact) mass is 149 g/mol. The van der Waals surface area contributed by atoms with Gasteiger partial charge in [0.1, 0.15) is 0 Å². The molecule has 9 heavy (non-hydrogen) atoms. The average Bonchev–Trinajstić information content (AvgIpc) is 1.59. The number of sulfone groups is 1. The van der Waals surface area contributed by atoms with Crippen molar-refractivity contribution in [1.29, 1.82) is 0 Å². The lowest BCUT2D eigenvalue weighted by molar-refractivity contribution is 0.610. The van der Waals surface area contributed by atoms with Crippen LogP contribution in [-0.2, 0) is 9.84 Å². The van der Waals surface area contributed by atoms with E-state index in [1.807, 2.05) is 0 Å². The van der Waals surface area contributed by atoms with Crippen LogP contribution in [0.1, 0.15) is 6.92 Å². The van der Waals surface area contributed by atoms with Gasteiger partial charge in [0, 0.05) is 17.7 Å². The Balaban J connectivity index is 4.03. The van der Waals surface area contributed by atoms with E-state index < -0.39 is 9.84 Å². The molecule has 0 fully saturated rings. The van der Waals surface area contributed by atoms with Crippen LogP contribution in [0.3, 0.4) is 0 Å². The first kappa shape index (κ1) is 8.65. The third kappa shape index (κ3) is 7.65. The summed E-state index contributed by atoms with van der Waals surface area (Å²) in [4.78, 5) is 0. The minimum atomic E-state index is -2.98. The Morgan fingerprint density at radius 1 is 1.56 bits per heavy atom. The minimum Gasteiger partial charge on any atom is -0.325 e. The topological polar surface area (TPSA) is 60.2 Å². The van der Waals surface area contributed by atoms with Crippen LogP contribution < -0.4 is 5.73 Å². The third-order valence-electron chi connectivity index (χ3n) is 0.629. The van der Waals surface area contributed by atoms with E-state index in [1.165, 1.54) is 6.08 Å². The molecular weight excluding hydrogens is 138 g/mol. The second-order valence-electron chi connectivity index (χ2n) is 2.02. The van der Waals surface area contributed by atoms with Crippen molar-refractivity contribution in [3.63, 3.8) is 0 Å². The van der Waals surface area contributed by atoms with Gasteiger partial charge in [-0.1, -0.05) is 6.08 Å². The predicted octanol–water partition coefficient (Wildman–Crippen LogP) is -0.108. The standard InChI is InChI=1S/C5H11NO2S/c1-5(6)3-4-9(2,7)8/h3-5H,6H2,1-2H3/b4-3+. The van der Waals surface area contributed by atoms with Crippen LogP contribution in [0.4, 0.5) is 0 Å². The van der Waals surface area contributed by atoms with Gasteiger partial charge >= 0.3 is 0 Å². The molecule has 0 aromatic heterocycles. The lowest BCUT2D eigenvalue weighted by Crippen LogP contribution is -2.10. The van der Waals surface area contributed by atoms with Gasteiger partial charge in [0.15, 0.2) is 9.84 Å². The summed E-state index contributed by atoms with van der Waals surface area (Å²) in [5, 5.41) is 1.11. The highest BCUT2D eigenvalue weighted by Gasteiger charge is 1.92. The van der Waals surface area contributed by atoms with Gasteiger partial charge in [-0.15, -0.1) is 0 Å². The molecule has 0 saturated carbocycles. The third-order valence-corrected chi connectivity index (χ3v) is 1.28. The Morgan fingerprint density at radius 2 is 2.00 bits per heavy atom. The fraction of sp³-hybridized carbons (Fsp3) is 0.600. The molecule has 0 aromatic carbocycles. The molecule has 0 radical (unpaired) electrons. The first-order valence-corrected chi connectivity index (χ1v) is 4.51. The van der Waals surface area contributed by atoms with E-state index in [4.69, 9.17) is 5.73 Å². The second-order valence-corrected chi connectivity index (χ2v) is 3.95. The van der Waals surface area contributed by atoms with Gasteiger partial charge in [0.25, 0.3) is 0 Å². The molecule has 2 N–H and O–H groups in total. The highest BCUT2D eigenvalue weighted by atomic mass is 32.2. The fourth-order valence-corrected chi connectivity index (χ4v) is 0.800. The number of rotatable bonds is 2. The van der Waals surface area contributed by atoms with E-state index in [2.05, 4.69) is 0 Å². The van der Waals surface area contributed by atoms with Crippen molar-refractivity contribution in [2.45, 2.75) is 13.0 Å². The summed E-state index contributed by atoms with van der Waals surface area (Å²) in [6.45, 7) is 1.71. The summed E-state index contributed by atoms with van der Waals surface area (Å²) in [6.07, 6.45) is 2.57. The molecular formula is C5H11NO2S. The van der Waals surface area contributed by atoms with Gasteiger partial charge in [-0.2, -0.15) is 0 Å². The van der Waals surface area contributed by atoms with E-state index in [9.17, 15) is 8.42 Å². The van der Waals surface area contributed by atoms with Gasteiger partial charge in [-0.05, 0) is 6.92 Å². The van der Waals surface area contributed by atoms with Crippen LogP contribution in [0, 0.1) is 0 Å². The first-order chi connectivity index (χ1) is 3.92. The van der Waals surface area contributed by atoms with Gasteiger partial charge < -0.3 is 5.73 Å². The zero-order valence-electron chi connectivity index (χ0n) is 5.53. The largest absolute Gasteiger partial charge is 0.325 e. The summed E-state index contributed by atoms with van der Waals surface area (Å²) >= 11 is 0. The molecule has 4 heteroatoms. The van der Waals surface area contributed by atoms with Crippen molar-refractivity contribution < 1.29 is 8.42 Å². The van der Waals surface area contributed by atoms with Crippen LogP contribution in [0.15, 0.2) is 11.5 Å². The van der Waals surface area contributed by atoms with Crippen molar-refractivity contribution in [2.75, 3.05) is 6.26 Å². The average molecular weight is 149 g/mol. The van der Waals surface area contributed by atoms with Crippen molar-refractivity contribution in [1.82, 2.24) is 0 Å². The van der Waals surface area contributed by atoms with Crippen molar-refractivity contribution in [2.24, 2.45) is 5.73 Å². The van der Waals surface area contributed by atoms with E-state index >= 15 is 0 Å². The molecule has 3 nitrogen and oxygen atoms in total. The summed E-state index contributed by atoms with van der Waals surface area (Å²) in [5.41, 5.74) is 5.25. The Morgan fingerprint density at radius 3 is 2.11 bits per heavy atom. The first-order valence-electron chi connectivity index (χ1n) is 2.55. The maximum atomic E-state index is 10.4. The molecule has 0 saturated heterocycles. The fourth-order valence-electron chi connectivity index (χ4n) is 0.267. The molecule has 0 aliphatic heterocycles. The highest BCUT2D eigenvalue weighted by Crippen LogP contribution is 1.86. The van der Waals surface area contributed by atoms with Crippen LogP contribution in [0.2, 0.25) is 0 Å². The highest BCUT2D eigenvalue weighted by molar-refractivity contribution is 7.93. The number of hydrogen-bond donors (Lipinski definition) is 1. The molecule has 1 atom stereocenters. The SMILES string of the molecule is CC(N)/C=C/S(C)(=O)=O. The predicted molar refractivity (Wildman–Crippen MR) is 37.6 cm³/mol. The Hall–Kier alpha value is -0.350. The van der Waals surface area contributed by atoms with E-state index in [1.54, 1.807) is 6.92 Å². The molecule has 0 heterocycles. The van der Waals surface area contributed by atoms with Gasteiger partial charge in [-0.25, -0.2) is 8.42 Å². The van der Waals surface area contributed by atoms with Crippen LogP contribution >= 0.6 is 0 Å². The molecule has 0 aliphatic rings. The second kappa shape index (κ2) is 2.98. The molecule has 54 valence electrons. The van der Waals surface area contributed by atoms with Gasteiger partial charge in [0.2, 0.25) is 0 Å². The molecule has 0 aliphatic carbocycles.